The standard InChI is InChI=1S/C8H15N/c1-4-8(5-6-8)7(2)9-3/h9H,2,4-6H2,1,3H3. The Labute approximate surface area is 57.1 Å². The van der Waals surface area contributed by atoms with E-state index in [0.29, 0.717) is 5.41 Å². The van der Waals surface area contributed by atoms with Gasteiger partial charge in [-0.2, -0.15) is 0 Å². The highest BCUT2D eigenvalue weighted by Crippen LogP contribution is 2.52. The van der Waals surface area contributed by atoms with Crippen molar-refractivity contribution < 1.29 is 0 Å². The largest absolute Gasteiger partial charge is 0.391 e. The lowest BCUT2D eigenvalue weighted by Gasteiger charge is -2.14. The smallest absolute Gasteiger partial charge is 0.00939 e. The van der Waals surface area contributed by atoms with E-state index in [0.717, 1.165) is 0 Å². The molecule has 0 unspecified atom stereocenters. The van der Waals surface area contributed by atoms with Crippen LogP contribution in [0.3, 0.4) is 0 Å². The van der Waals surface area contributed by atoms with Gasteiger partial charge in [-0.05, 0) is 19.3 Å². The van der Waals surface area contributed by atoms with Crippen LogP contribution in [0.5, 0.6) is 0 Å². The summed E-state index contributed by atoms with van der Waals surface area (Å²) in [7, 11) is 1.96. The van der Waals surface area contributed by atoms with Crippen LogP contribution in [0.25, 0.3) is 0 Å². The van der Waals surface area contributed by atoms with Gasteiger partial charge in [0.15, 0.2) is 0 Å². The van der Waals surface area contributed by atoms with Crippen LogP contribution in [0, 0.1) is 5.41 Å². The van der Waals surface area contributed by atoms with Crippen molar-refractivity contribution >= 4 is 0 Å². The van der Waals surface area contributed by atoms with Gasteiger partial charge < -0.3 is 5.32 Å². The summed E-state index contributed by atoms with van der Waals surface area (Å²) in [4.78, 5) is 0. The Morgan fingerprint density at radius 1 is 1.67 bits per heavy atom. The van der Waals surface area contributed by atoms with E-state index in [2.05, 4.69) is 18.8 Å². The van der Waals surface area contributed by atoms with E-state index in [1.54, 1.807) is 0 Å². The van der Waals surface area contributed by atoms with Gasteiger partial charge in [0.1, 0.15) is 0 Å². The molecule has 1 fully saturated rings. The summed E-state index contributed by atoms with van der Waals surface area (Å²) in [5.41, 5.74) is 1.72. The van der Waals surface area contributed by atoms with Crippen molar-refractivity contribution in [3.05, 3.63) is 12.3 Å². The van der Waals surface area contributed by atoms with Crippen molar-refractivity contribution in [3.8, 4) is 0 Å². The minimum absolute atomic E-state index is 0.495. The maximum absolute atomic E-state index is 3.97. The summed E-state index contributed by atoms with van der Waals surface area (Å²) < 4.78 is 0. The van der Waals surface area contributed by atoms with Gasteiger partial charge >= 0.3 is 0 Å². The van der Waals surface area contributed by atoms with Crippen LogP contribution in [-0.2, 0) is 0 Å². The highest BCUT2D eigenvalue weighted by Gasteiger charge is 2.42. The Balaban J connectivity index is 2.49. The zero-order valence-electron chi connectivity index (χ0n) is 6.33. The van der Waals surface area contributed by atoms with Crippen LogP contribution in [-0.4, -0.2) is 7.05 Å². The lowest BCUT2D eigenvalue weighted by Crippen LogP contribution is -2.15. The molecule has 1 N–H and O–H groups in total. The fourth-order valence-corrected chi connectivity index (χ4v) is 1.28. The van der Waals surface area contributed by atoms with E-state index in [1.807, 2.05) is 7.05 Å². The number of nitrogens with one attached hydrogen (secondary N) is 1. The van der Waals surface area contributed by atoms with Gasteiger partial charge in [-0.1, -0.05) is 13.5 Å². The number of rotatable bonds is 3. The SMILES string of the molecule is C=C(NC)C1(CC)CC1. The quantitative estimate of drug-likeness (QED) is 0.607. The molecule has 0 aromatic rings. The molecular weight excluding hydrogens is 110 g/mol. The molecule has 1 saturated carbocycles. The summed E-state index contributed by atoms with van der Waals surface area (Å²) in [6.45, 7) is 6.20. The highest BCUT2D eigenvalue weighted by molar-refractivity contribution is 5.15. The maximum Gasteiger partial charge on any atom is 0.00939 e. The first kappa shape index (κ1) is 6.66. The Bertz CT molecular complexity index is 123. The normalized spacial score (nSPS) is 21.1. The van der Waals surface area contributed by atoms with Crippen LogP contribution in [0.2, 0.25) is 0 Å². The Morgan fingerprint density at radius 2 is 2.22 bits per heavy atom. The fraction of sp³-hybridized carbons (Fsp3) is 0.750. The van der Waals surface area contributed by atoms with E-state index < -0.39 is 0 Å². The lowest BCUT2D eigenvalue weighted by molar-refractivity contribution is 0.549. The van der Waals surface area contributed by atoms with Gasteiger partial charge in [0, 0.05) is 18.2 Å². The highest BCUT2D eigenvalue weighted by atomic mass is 14.9. The predicted octanol–water partition coefficient (Wildman–Crippen LogP) is 1.91. The van der Waals surface area contributed by atoms with E-state index in [4.69, 9.17) is 0 Å². The molecule has 0 amide bonds. The molecule has 0 aliphatic heterocycles. The van der Waals surface area contributed by atoms with Crippen LogP contribution < -0.4 is 5.32 Å². The van der Waals surface area contributed by atoms with Gasteiger partial charge in [-0.25, -0.2) is 0 Å². The summed E-state index contributed by atoms with van der Waals surface area (Å²) >= 11 is 0. The molecule has 52 valence electrons. The van der Waals surface area contributed by atoms with Crippen LogP contribution in [0.15, 0.2) is 12.3 Å². The van der Waals surface area contributed by atoms with Crippen molar-refractivity contribution in [2.45, 2.75) is 26.2 Å². The van der Waals surface area contributed by atoms with Crippen LogP contribution >= 0.6 is 0 Å². The van der Waals surface area contributed by atoms with Crippen LogP contribution in [0.1, 0.15) is 26.2 Å². The molecule has 0 spiro atoms. The summed E-state index contributed by atoms with van der Waals surface area (Å²) in [6, 6.07) is 0. The van der Waals surface area contributed by atoms with Crippen molar-refractivity contribution in [1.29, 1.82) is 0 Å². The topological polar surface area (TPSA) is 12.0 Å². The average Bonchev–Trinajstić information content (AvgIpc) is 2.66. The molecule has 1 nitrogen and oxygen atoms in total. The average molecular weight is 125 g/mol. The maximum atomic E-state index is 3.97. The second-order valence-electron chi connectivity index (χ2n) is 2.86. The fourth-order valence-electron chi connectivity index (χ4n) is 1.28. The zero-order chi connectivity index (χ0) is 6.91. The molecule has 0 radical (unpaired) electrons. The molecule has 1 rings (SSSR count). The second-order valence-corrected chi connectivity index (χ2v) is 2.86. The lowest BCUT2D eigenvalue weighted by atomic mass is 10.0. The van der Waals surface area contributed by atoms with Crippen molar-refractivity contribution in [3.63, 3.8) is 0 Å². The van der Waals surface area contributed by atoms with E-state index in [1.165, 1.54) is 25.0 Å². The molecule has 9 heavy (non-hydrogen) atoms. The summed E-state index contributed by atoms with van der Waals surface area (Å²) in [5.74, 6) is 0. The first-order chi connectivity index (χ1) is 4.25. The molecule has 0 aromatic carbocycles. The minimum Gasteiger partial charge on any atom is -0.391 e. The minimum atomic E-state index is 0.495. The van der Waals surface area contributed by atoms with E-state index in [-0.39, 0.29) is 0 Å². The van der Waals surface area contributed by atoms with Gasteiger partial charge in [0.05, 0.1) is 0 Å². The molecule has 0 bridgehead atoms. The molecule has 0 saturated heterocycles. The molecule has 0 atom stereocenters. The van der Waals surface area contributed by atoms with Gasteiger partial charge in [0.25, 0.3) is 0 Å². The number of hydrogen-bond acceptors (Lipinski definition) is 1. The third-order valence-corrected chi connectivity index (χ3v) is 2.47. The monoisotopic (exact) mass is 125 g/mol. The molecule has 0 heterocycles. The second kappa shape index (κ2) is 2.05. The zero-order valence-corrected chi connectivity index (χ0v) is 6.33. The summed E-state index contributed by atoms with van der Waals surface area (Å²) in [6.07, 6.45) is 3.92. The molecule has 1 aliphatic rings. The van der Waals surface area contributed by atoms with E-state index >= 15 is 0 Å². The molecule has 0 aromatic heterocycles. The van der Waals surface area contributed by atoms with Crippen molar-refractivity contribution in [2.75, 3.05) is 7.05 Å². The summed E-state index contributed by atoms with van der Waals surface area (Å²) in [5, 5.41) is 3.12. The number of hydrogen-bond donors (Lipinski definition) is 1. The molecular formula is C8H15N. The Kier molecular flexibility index (Phi) is 1.52. The van der Waals surface area contributed by atoms with Crippen LogP contribution in [0.4, 0.5) is 0 Å². The third-order valence-electron chi connectivity index (χ3n) is 2.47. The van der Waals surface area contributed by atoms with Crippen molar-refractivity contribution in [1.82, 2.24) is 5.32 Å². The predicted molar refractivity (Wildman–Crippen MR) is 40.2 cm³/mol. The first-order valence-electron chi connectivity index (χ1n) is 3.62. The van der Waals surface area contributed by atoms with Crippen molar-refractivity contribution in [2.24, 2.45) is 5.41 Å². The Morgan fingerprint density at radius 3 is 2.33 bits per heavy atom. The van der Waals surface area contributed by atoms with E-state index in [9.17, 15) is 0 Å². The molecule has 1 aliphatic carbocycles. The number of allylic oxidation sites excluding steroid dienone is 1. The van der Waals surface area contributed by atoms with Gasteiger partial charge in [-0.3, -0.25) is 0 Å². The molecule has 1 heteroatoms. The Hall–Kier alpha value is -0.460. The van der Waals surface area contributed by atoms with Gasteiger partial charge in [-0.15, -0.1) is 0 Å². The first-order valence-corrected chi connectivity index (χ1v) is 3.62. The van der Waals surface area contributed by atoms with Gasteiger partial charge in [0.2, 0.25) is 0 Å². The third kappa shape index (κ3) is 0.958.